The van der Waals surface area contributed by atoms with Crippen LogP contribution in [-0.4, -0.2) is 42.5 Å². The van der Waals surface area contributed by atoms with Gasteiger partial charge in [-0.1, -0.05) is 54.9 Å². The number of nitrogens with one attached hydrogen (secondary N) is 1. The van der Waals surface area contributed by atoms with Crippen molar-refractivity contribution in [2.45, 2.75) is 24.4 Å². The molecule has 0 aliphatic rings. The van der Waals surface area contributed by atoms with Gasteiger partial charge in [-0.15, -0.1) is 10.2 Å². The van der Waals surface area contributed by atoms with Crippen molar-refractivity contribution in [3.8, 4) is 22.8 Å². The lowest BCUT2D eigenvalue weighted by Crippen LogP contribution is -2.23. The molecule has 7 nitrogen and oxygen atoms in total. The van der Waals surface area contributed by atoms with E-state index >= 15 is 0 Å². The highest BCUT2D eigenvalue weighted by atomic mass is 35.5. The minimum Gasteiger partial charge on any atom is -0.493 e. The number of imidazole rings is 1. The minimum absolute atomic E-state index is 0.299. The molecule has 0 bridgehead atoms. The first-order chi connectivity index (χ1) is 18.3. The Hall–Kier alpha value is -3.40. The maximum absolute atomic E-state index is 13.7. The van der Waals surface area contributed by atoms with E-state index in [0.717, 1.165) is 33.4 Å². The van der Waals surface area contributed by atoms with Crippen LogP contribution in [0, 0.1) is 5.82 Å². The van der Waals surface area contributed by atoms with Crippen LogP contribution in [0.2, 0.25) is 10.0 Å². The number of rotatable bonds is 9. The summed E-state index contributed by atoms with van der Waals surface area (Å²) in [6, 6.07) is 19.5. The Balaban J connectivity index is 1.35. The van der Waals surface area contributed by atoms with Crippen molar-refractivity contribution >= 4 is 35.0 Å². The van der Waals surface area contributed by atoms with Crippen LogP contribution in [-0.2, 0) is 5.41 Å². The fourth-order valence-electron chi connectivity index (χ4n) is 4.03. The molecular formula is C27H23Cl2FN6OS. The van der Waals surface area contributed by atoms with Crippen molar-refractivity contribution in [2.75, 3.05) is 12.4 Å². The molecular weight excluding hydrogens is 546 g/mol. The molecule has 5 rings (SSSR count). The van der Waals surface area contributed by atoms with E-state index in [1.54, 1.807) is 30.0 Å². The maximum Gasteiger partial charge on any atom is 0.204 e. The van der Waals surface area contributed by atoms with Gasteiger partial charge in [0.2, 0.25) is 5.82 Å². The predicted molar refractivity (Wildman–Crippen MR) is 148 cm³/mol. The molecule has 2 aromatic heterocycles. The molecule has 11 heteroatoms. The lowest BCUT2D eigenvalue weighted by molar-refractivity contribution is 0.344. The average Bonchev–Trinajstić information content (AvgIpc) is 3.60. The first-order valence-corrected chi connectivity index (χ1v) is 13.5. The highest BCUT2D eigenvalue weighted by molar-refractivity contribution is 7.99. The van der Waals surface area contributed by atoms with E-state index in [9.17, 15) is 4.39 Å². The molecule has 0 radical (unpaired) electrons. The minimum atomic E-state index is -0.467. The Bertz CT molecular complexity index is 1520. The second kappa shape index (κ2) is 11.1. The summed E-state index contributed by atoms with van der Waals surface area (Å²) in [7, 11) is 0. The van der Waals surface area contributed by atoms with Crippen molar-refractivity contribution < 1.29 is 9.13 Å². The second-order valence-corrected chi connectivity index (χ2v) is 10.8. The van der Waals surface area contributed by atoms with Gasteiger partial charge in [0.1, 0.15) is 11.6 Å². The third-order valence-corrected chi connectivity index (χ3v) is 7.79. The van der Waals surface area contributed by atoms with Crippen molar-refractivity contribution in [3.05, 3.63) is 100 Å². The smallest absolute Gasteiger partial charge is 0.204 e. The quantitative estimate of drug-likeness (QED) is 0.152. The molecule has 0 atom stereocenters. The summed E-state index contributed by atoms with van der Waals surface area (Å²) in [5.74, 6) is 1.62. The van der Waals surface area contributed by atoms with E-state index in [0.29, 0.717) is 28.2 Å². The molecule has 194 valence electrons. The van der Waals surface area contributed by atoms with Crippen LogP contribution in [0.5, 0.6) is 5.75 Å². The van der Waals surface area contributed by atoms with Crippen LogP contribution in [0.3, 0.4) is 0 Å². The molecule has 0 saturated heterocycles. The normalized spacial score (nSPS) is 11.6. The monoisotopic (exact) mass is 568 g/mol. The van der Waals surface area contributed by atoms with Crippen LogP contribution >= 0.6 is 35.0 Å². The molecule has 0 aliphatic heterocycles. The van der Waals surface area contributed by atoms with Crippen molar-refractivity contribution in [2.24, 2.45) is 0 Å². The van der Waals surface area contributed by atoms with Gasteiger partial charge in [-0.05, 0) is 71.4 Å². The van der Waals surface area contributed by atoms with E-state index in [-0.39, 0.29) is 5.82 Å². The lowest BCUT2D eigenvalue weighted by Gasteiger charge is -2.28. The fourth-order valence-corrected chi connectivity index (χ4v) is 5.13. The Morgan fingerprint density at radius 2 is 1.76 bits per heavy atom. The topological polar surface area (TPSA) is 81.5 Å². The Kier molecular flexibility index (Phi) is 7.69. The molecule has 0 amide bonds. The van der Waals surface area contributed by atoms with E-state index in [1.807, 2.05) is 47.2 Å². The van der Waals surface area contributed by atoms with Crippen molar-refractivity contribution in [3.63, 3.8) is 0 Å². The van der Waals surface area contributed by atoms with Gasteiger partial charge in [0.25, 0.3) is 0 Å². The van der Waals surface area contributed by atoms with Gasteiger partial charge in [-0.25, -0.2) is 9.37 Å². The highest BCUT2D eigenvalue weighted by Gasteiger charge is 2.30. The van der Waals surface area contributed by atoms with Crippen molar-refractivity contribution in [1.29, 1.82) is 0 Å². The third-order valence-electron chi connectivity index (χ3n) is 6.14. The largest absolute Gasteiger partial charge is 0.493 e. The van der Waals surface area contributed by atoms with Gasteiger partial charge in [0, 0.05) is 22.4 Å². The Morgan fingerprint density at radius 1 is 1.00 bits per heavy atom. The number of H-pyrrole nitrogens is 1. The second-order valence-electron chi connectivity index (χ2n) is 8.95. The summed E-state index contributed by atoms with van der Waals surface area (Å²) in [4.78, 5) is 4.73. The lowest BCUT2D eigenvalue weighted by atomic mass is 9.81. The summed E-state index contributed by atoms with van der Waals surface area (Å²) in [6.45, 7) is 4.66. The zero-order chi connectivity index (χ0) is 26.7. The van der Waals surface area contributed by atoms with E-state index < -0.39 is 5.41 Å². The number of hydrogen-bond donors (Lipinski definition) is 1. The molecule has 0 fully saturated rings. The standard InChI is InChI=1S/C27H23Cl2FN6OS/c1-27(2,18-5-12-22(28)23(29)15-18)24-16-31-26(36(24)20-8-6-19(30)7-9-20)38-14-13-37-21-10-3-17(4-11-21)25-32-34-35-33-25/h3-12,15-16H,13-14H2,1-2H3,(H,32,33,34,35). The molecule has 3 aromatic carbocycles. The number of hydrogen-bond acceptors (Lipinski definition) is 6. The van der Waals surface area contributed by atoms with E-state index in [4.69, 9.17) is 32.9 Å². The highest BCUT2D eigenvalue weighted by Crippen LogP contribution is 2.38. The zero-order valence-corrected chi connectivity index (χ0v) is 22.9. The summed E-state index contributed by atoms with van der Waals surface area (Å²) < 4.78 is 21.7. The number of tetrazole rings is 1. The van der Waals surface area contributed by atoms with Crippen LogP contribution in [0.4, 0.5) is 4.39 Å². The molecule has 0 spiro atoms. The number of aromatic amines is 1. The number of nitrogens with zero attached hydrogens (tertiary/aromatic N) is 5. The fraction of sp³-hybridized carbons (Fsp3) is 0.185. The Morgan fingerprint density at radius 3 is 2.45 bits per heavy atom. The van der Waals surface area contributed by atoms with Gasteiger partial charge in [-0.3, -0.25) is 4.57 Å². The third kappa shape index (κ3) is 5.55. The number of halogens is 3. The molecule has 2 heterocycles. The van der Waals surface area contributed by atoms with E-state index in [2.05, 4.69) is 34.5 Å². The number of aromatic nitrogens is 6. The van der Waals surface area contributed by atoms with Gasteiger partial charge >= 0.3 is 0 Å². The summed E-state index contributed by atoms with van der Waals surface area (Å²) in [5, 5.41) is 15.7. The Labute approximate surface area is 233 Å². The van der Waals surface area contributed by atoms with Crippen LogP contribution in [0.1, 0.15) is 25.1 Å². The molecule has 1 N–H and O–H groups in total. The molecule has 5 aromatic rings. The van der Waals surface area contributed by atoms with Gasteiger partial charge in [-0.2, -0.15) is 5.21 Å². The number of ether oxygens (including phenoxy) is 1. The van der Waals surface area contributed by atoms with Gasteiger partial charge < -0.3 is 4.74 Å². The van der Waals surface area contributed by atoms with Crippen LogP contribution < -0.4 is 4.74 Å². The van der Waals surface area contributed by atoms with Crippen LogP contribution in [0.15, 0.2) is 78.1 Å². The predicted octanol–water partition coefficient (Wildman–Crippen LogP) is 7.00. The molecule has 0 saturated carbocycles. The molecule has 0 aliphatic carbocycles. The summed E-state index contributed by atoms with van der Waals surface area (Å²) in [5.41, 5.74) is 3.11. The summed E-state index contributed by atoms with van der Waals surface area (Å²) >= 11 is 14.0. The number of benzene rings is 3. The zero-order valence-electron chi connectivity index (χ0n) is 20.5. The van der Waals surface area contributed by atoms with Crippen molar-refractivity contribution in [1.82, 2.24) is 30.2 Å². The van der Waals surface area contributed by atoms with Crippen LogP contribution in [0.25, 0.3) is 17.1 Å². The molecule has 0 unspecified atom stereocenters. The van der Waals surface area contributed by atoms with Gasteiger partial charge in [0.05, 0.1) is 28.5 Å². The molecule has 38 heavy (non-hydrogen) atoms. The first-order valence-electron chi connectivity index (χ1n) is 11.7. The first kappa shape index (κ1) is 26.2. The SMILES string of the molecule is CC(C)(c1ccc(Cl)c(Cl)c1)c1cnc(SCCOc2ccc(-c3nn[nH]n3)cc2)n1-c1ccc(F)cc1. The average molecular weight is 569 g/mol. The maximum atomic E-state index is 13.7. The summed E-state index contributed by atoms with van der Waals surface area (Å²) in [6.07, 6.45) is 1.85. The van der Waals surface area contributed by atoms with Gasteiger partial charge in [0.15, 0.2) is 5.16 Å². The van der Waals surface area contributed by atoms with E-state index in [1.165, 1.54) is 12.1 Å². The number of thioether (sulfide) groups is 1.